The highest BCUT2D eigenvalue weighted by atomic mass is 31.2. The number of nitrogens with zero attached hydrogens (tertiary/aromatic N) is 1. The molecule has 21 heavy (non-hydrogen) atoms. The third-order valence-corrected chi connectivity index (χ3v) is 6.41. The van der Waals surface area contributed by atoms with E-state index in [2.05, 4.69) is 13.2 Å². The Morgan fingerprint density at radius 3 is 1.52 bits per heavy atom. The standard InChI is InChI=1S/C18H20NOP/c1-3-15-19(16-4-2)21(20,17-11-7-5-8-12-17)18-13-9-6-10-14-18/h3-14H,1-2,15-16H2. The van der Waals surface area contributed by atoms with E-state index >= 15 is 0 Å². The lowest BCUT2D eigenvalue weighted by atomic mass is 10.4. The molecule has 0 aliphatic heterocycles. The maximum absolute atomic E-state index is 13.9. The molecule has 0 saturated heterocycles. The summed E-state index contributed by atoms with van der Waals surface area (Å²) in [5.41, 5.74) is 0. The number of benzene rings is 2. The van der Waals surface area contributed by atoms with Crippen LogP contribution in [0.25, 0.3) is 0 Å². The third-order valence-electron chi connectivity index (χ3n) is 3.29. The van der Waals surface area contributed by atoms with Gasteiger partial charge in [0, 0.05) is 23.7 Å². The molecule has 0 N–H and O–H groups in total. The first-order chi connectivity index (χ1) is 10.2. The van der Waals surface area contributed by atoms with E-state index in [4.69, 9.17) is 0 Å². The first-order valence-corrected chi connectivity index (χ1v) is 8.58. The monoisotopic (exact) mass is 297 g/mol. The molecule has 2 aromatic rings. The molecule has 0 aliphatic carbocycles. The number of rotatable bonds is 7. The molecular weight excluding hydrogens is 277 g/mol. The summed E-state index contributed by atoms with van der Waals surface area (Å²) in [5.74, 6) is 0. The summed E-state index contributed by atoms with van der Waals surface area (Å²) in [7, 11) is -2.88. The van der Waals surface area contributed by atoms with E-state index in [-0.39, 0.29) is 0 Å². The molecule has 0 radical (unpaired) electrons. The second kappa shape index (κ2) is 7.21. The molecule has 0 atom stereocenters. The van der Waals surface area contributed by atoms with Crippen molar-refractivity contribution in [3.05, 3.63) is 86.0 Å². The molecule has 0 heterocycles. The molecule has 2 aromatic carbocycles. The Bertz CT molecular complexity index is 583. The van der Waals surface area contributed by atoms with E-state index in [1.165, 1.54) is 0 Å². The van der Waals surface area contributed by atoms with Crippen molar-refractivity contribution in [3.63, 3.8) is 0 Å². The van der Waals surface area contributed by atoms with E-state index in [0.717, 1.165) is 10.6 Å². The van der Waals surface area contributed by atoms with E-state index in [1.807, 2.05) is 65.3 Å². The van der Waals surface area contributed by atoms with Gasteiger partial charge >= 0.3 is 0 Å². The van der Waals surface area contributed by atoms with Crippen LogP contribution in [0.3, 0.4) is 0 Å². The topological polar surface area (TPSA) is 20.3 Å². The minimum atomic E-state index is -2.88. The van der Waals surface area contributed by atoms with Gasteiger partial charge in [0.2, 0.25) is 7.29 Å². The van der Waals surface area contributed by atoms with Gasteiger partial charge in [0.25, 0.3) is 0 Å². The summed E-state index contributed by atoms with van der Waals surface area (Å²) >= 11 is 0. The quantitative estimate of drug-likeness (QED) is 0.575. The van der Waals surface area contributed by atoms with Crippen molar-refractivity contribution < 1.29 is 4.57 Å². The second-order valence-corrected chi connectivity index (χ2v) is 7.45. The molecule has 108 valence electrons. The normalized spacial score (nSPS) is 11.3. The van der Waals surface area contributed by atoms with Gasteiger partial charge in [0.05, 0.1) is 0 Å². The fourth-order valence-corrected chi connectivity index (χ4v) is 5.13. The number of hydrogen-bond acceptors (Lipinski definition) is 1. The van der Waals surface area contributed by atoms with Gasteiger partial charge in [-0.05, 0) is 24.3 Å². The van der Waals surface area contributed by atoms with Gasteiger partial charge in [-0.3, -0.25) is 4.57 Å². The van der Waals surface area contributed by atoms with E-state index in [0.29, 0.717) is 13.1 Å². The van der Waals surface area contributed by atoms with Gasteiger partial charge in [-0.25, -0.2) is 4.67 Å². The molecule has 0 spiro atoms. The molecule has 0 aliphatic rings. The highest BCUT2D eigenvalue weighted by molar-refractivity contribution is 7.76. The molecular formula is C18H20NOP. The Kier molecular flexibility index (Phi) is 5.32. The van der Waals surface area contributed by atoms with Crippen LogP contribution < -0.4 is 10.6 Å². The van der Waals surface area contributed by atoms with Crippen LogP contribution in [0.1, 0.15) is 0 Å². The first kappa shape index (κ1) is 15.5. The minimum absolute atomic E-state index is 0.549. The molecule has 0 fully saturated rings. The maximum atomic E-state index is 13.9. The smallest absolute Gasteiger partial charge is 0.207 e. The predicted octanol–water partition coefficient (Wildman–Crippen LogP) is 3.59. The summed E-state index contributed by atoms with van der Waals surface area (Å²) in [6.07, 6.45) is 3.56. The van der Waals surface area contributed by atoms with Crippen LogP contribution in [0.4, 0.5) is 0 Å². The number of hydrogen-bond donors (Lipinski definition) is 0. The molecule has 0 aromatic heterocycles. The third kappa shape index (κ3) is 3.24. The molecule has 0 bridgehead atoms. The zero-order chi connectivity index (χ0) is 15.1. The van der Waals surface area contributed by atoms with Crippen molar-refractivity contribution in [1.82, 2.24) is 4.67 Å². The second-order valence-electron chi connectivity index (χ2n) is 4.70. The van der Waals surface area contributed by atoms with Crippen LogP contribution in [0, 0.1) is 0 Å². The summed E-state index contributed by atoms with van der Waals surface area (Å²) in [6, 6.07) is 19.2. The zero-order valence-electron chi connectivity index (χ0n) is 12.1. The molecule has 2 nitrogen and oxygen atoms in total. The van der Waals surface area contributed by atoms with Crippen LogP contribution in [-0.4, -0.2) is 17.8 Å². The molecule has 2 rings (SSSR count). The summed E-state index contributed by atoms with van der Waals surface area (Å²) < 4.78 is 15.9. The fraction of sp³-hybridized carbons (Fsp3) is 0.111. The maximum Gasteiger partial charge on any atom is 0.207 e. The largest absolute Gasteiger partial charge is 0.296 e. The first-order valence-electron chi connectivity index (χ1n) is 6.92. The van der Waals surface area contributed by atoms with Crippen LogP contribution in [0.15, 0.2) is 86.0 Å². The van der Waals surface area contributed by atoms with Crippen LogP contribution in [-0.2, 0) is 4.57 Å². The van der Waals surface area contributed by atoms with E-state index in [9.17, 15) is 4.57 Å². The molecule has 0 unspecified atom stereocenters. The summed E-state index contributed by atoms with van der Waals surface area (Å²) in [5, 5.41) is 1.67. The lowest BCUT2D eigenvalue weighted by Crippen LogP contribution is -2.32. The Labute approximate surface area is 126 Å². The molecule has 3 heteroatoms. The van der Waals surface area contributed by atoms with Gasteiger partial charge in [0.1, 0.15) is 0 Å². The summed E-state index contributed by atoms with van der Waals surface area (Å²) in [6.45, 7) is 8.67. The average Bonchev–Trinajstić information content (AvgIpc) is 2.55. The highest BCUT2D eigenvalue weighted by Crippen LogP contribution is 2.47. The lowest BCUT2D eigenvalue weighted by molar-refractivity contribution is 0.489. The van der Waals surface area contributed by atoms with Gasteiger partial charge in [-0.15, -0.1) is 13.2 Å². The van der Waals surface area contributed by atoms with Gasteiger partial charge in [0.15, 0.2) is 0 Å². The van der Waals surface area contributed by atoms with Crippen molar-refractivity contribution in [2.45, 2.75) is 0 Å². The van der Waals surface area contributed by atoms with E-state index < -0.39 is 7.29 Å². The Hall–Kier alpha value is -1.89. The van der Waals surface area contributed by atoms with Crippen LogP contribution >= 0.6 is 7.29 Å². The molecule has 0 saturated carbocycles. The van der Waals surface area contributed by atoms with Crippen molar-refractivity contribution in [2.75, 3.05) is 13.1 Å². The van der Waals surface area contributed by atoms with Gasteiger partial charge in [-0.1, -0.05) is 48.6 Å². The average molecular weight is 297 g/mol. The van der Waals surface area contributed by atoms with Crippen molar-refractivity contribution in [2.24, 2.45) is 0 Å². The fourth-order valence-electron chi connectivity index (χ4n) is 2.34. The molecule has 0 amide bonds. The Morgan fingerprint density at radius 2 is 1.19 bits per heavy atom. The van der Waals surface area contributed by atoms with Gasteiger partial charge in [-0.2, -0.15) is 0 Å². The van der Waals surface area contributed by atoms with Crippen molar-refractivity contribution >= 4 is 17.9 Å². The minimum Gasteiger partial charge on any atom is -0.296 e. The van der Waals surface area contributed by atoms with Gasteiger partial charge < -0.3 is 0 Å². The van der Waals surface area contributed by atoms with Crippen LogP contribution in [0.2, 0.25) is 0 Å². The predicted molar refractivity (Wildman–Crippen MR) is 91.7 cm³/mol. The Balaban J connectivity index is 2.61. The van der Waals surface area contributed by atoms with Crippen LogP contribution in [0.5, 0.6) is 0 Å². The zero-order valence-corrected chi connectivity index (χ0v) is 13.0. The lowest BCUT2D eigenvalue weighted by Gasteiger charge is -2.30. The van der Waals surface area contributed by atoms with E-state index in [1.54, 1.807) is 12.2 Å². The van der Waals surface area contributed by atoms with Crippen molar-refractivity contribution in [1.29, 1.82) is 0 Å². The summed E-state index contributed by atoms with van der Waals surface area (Å²) in [4.78, 5) is 0. The SMILES string of the molecule is C=CCN(CC=C)P(=O)(c1ccccc1)c1ccccc1. The van der Waals surface area contributed by atoms with Crippen molar-refractivity contribution in [3.8, 4) is 0 Å². The highest BCUT2D eigenvalue weighted by Gasteiger charge is 2.32. The Morgan fingerprint density at radius 1 is 0.810 bits per heavy atom.